The SMILES string of the molecule is CCOCCN(CC)Cc1cc(Br)ccc1OC. The third kappa shape index (κ3) is 4.96. The molecule has 0 amide bonds. The number of methoxy groups -OCH3 is 1. The summed E-state index contributed by atoms with van der Waals surface area (Å²) < 4.78 is 11.9. The molecule has 18 heavy (non-hydrogen) atoms. The Morgan fingerprint density at radius 3 is 2.67 bits per heavy atom. The Bertz CT molecular complexity index is 358. The minimum Gasteiger partial charge on any atom is -0.496 e. The van der Waals surface area contributed by atoms with E-state index < -0.39 is 0 Å². The van der Waals surface area contributed by atoms with Gasteiger partial charge in [-0.25, -0.2) is 0 Å². The van der Waals surface area contributed by atoms with Crippen molar-refractivity contribution in [3.63, 3.8) is 0 Å². The molecule has 0 N–H and O–H groups in total. The van der Waals surface area contributed by atoms with E-state index in [2.05, 4.69) is 33.8 Å². The second-order valence-electron chi connectivity index (χ2n) is 4.02. The lowest BCUT2D eigenvalue weighted by Crippen LogP contribution is -2.27. The van der Waals surface area contributed by atoms with Crippen molar-refractivity contribution in [2.45, 2.75) is 20.4 Å². The molecule has 0 aliphatic rings. The smallest absolute Gasteiger partial charge is 0.123 e. The third-order valence-electron chi connectivity index (χ3n) is 2.84. The third-order valence-corrected chi connectivity index (χ3v) is 3.33. The number of benzene rings is 1. The summed E-state index contributed by atoms with van der Waals surface area (Å²) in [6.45, 7) is 8.57. The van der Waals surface area contributed by atoms with Gasteiger partial charge in [0.25, 0.3) is 0 Å². The first-order chi connectivity index (χ1) is 8.71. The summed E-state index contributed by atoms with van der Waals surface area (Å²) in [6, 6.07) is 6.11. The maximum absolute atomic E-state index is 5.40. The van der Waals surface area contributed by atoms with Crippen LogP contribution in [0, 0.1) is 0 Å². The molecule has 0 bridgehead atoms. The van der Waals surface area contributed by atoms with Crippen LogP contribution in [-0.2, 0) is 11.3 Å². The average molecular weight is 316 g/mol. The van der Waals surface area contributed by atoms with Crippen molar-refractivity contribution in [3.8, 4) is 5.75 Å². The lowest BCUT2D eigenvalue weighted by Gasteiger charge is -2.21. The lowest BCUT2D eigenvalue weighted by molar-refractivity contribution is 0.112. The quantitative estimate of drug-likeness (QED) is 0.687. The van der Waals surface area contributed by atoms with Gasteiger partial charge in [-0.2, -0.15) is 0 Å². The highest BCUT2D eigenvalue weighted by atomic mass is 79.9. The molecule has 1 rings (SSSR count). The van der Waals surface area contributed by atoms with Gasteiger partial charge in [-0.15, -0.1) is 0 Å². The molecule has 0 heterocycles. The van der Waals surface area contributed by atoms with Gasteiger partial charge in [0.15, 0.2) is 0 Å². The molecule has 0 spiro atoms. The fourth-order valence-electron chi connectivity index (χ4n) is 1.80. The minimum atomic E-state index is 0.776. The van der Waals surface area contributed by atoms with Crippen molar-refractivity contribution in [3.05, 3.63) is 28.2 Å². The van der Waals surface area contributed by atoms with Gasteiger partial charge in [0.1, 0.15) is 5.75 Å². The van der Waals surface area contributed by atoms with Gasteiger partial charge in [0, 0.05) is 29.7 Å². The molecule has 0 saturated carbocycles. The summed E-state index contributed by atoms with van der Waals surface area (Å²) in [4.78, 5) is 2.35. The van der Waals surface area contributed by atoms with Crippen LogP contribution < -0.4 is 4.74 Å². The topological polar surface area (TPSA) is 21.7 Å². The number of likely N-dealkylation sites (N-methyl/N-ethyl adjacent to an activating group) is 1. The van der Waals surface area contributed by atoms with E-state index in [1.165, 1.54) is 5.56 Å². The molecule has 0 aliphatic heterocycles. The molecule has 0 saturated heterocycles. The zero-order valence-electron chi connectivity index (χ0n) is 11.4. The number of nitrogens with zero attached hydrogens (tertiary/aromatic N) is 1. The average Bonchev–Trinajstić information content (AvgIpc) is 2.38. The molecule has 1 aromatic rings. The molecule has 0 unspecified atom stereocenters. The van der Waals surface area contributed by atoms with Gasteiger partial charge in [0.05, 0.1) is 13.7 Å². The second kappa shape index (κ2) is 8.51. The molecule has 1 aromatic carbocycles. The van der Waals surface area contributed by atoms with E-state index in [1.807, 2.05) is 19.1 Å². The largest absolute Gasteiger partial charge is 0.496 e. The fraction of sp³-hybridized carbons (Fsp3) is 0.571. The number of hydrogen-bond donors (Lipinski definition) is 0. The van der Waals surface area contributed by atoms with Crippen molar-refractivity contribution in [2.24, 2.45) is 0 Å². The number of rotatable bonds is 8. The van der Waals surface area contributed by atoms with E-state index in [9.17, 15) is 0 Å². The van der Waals surface area contributed by atoms with Gasteiger partial charge in [0.2, 0.25) is 0 Å². The maximum Gasteiger partial charge on any atom is 0.123 e. The fourth-order valence-corrected chi connectivity index (χ4v) is 2.21. The standard InChI is InChI=1S/C14H22BrNO2/c1-4-16(8-9-18-5-2)11-12-10-13(15)6-7-14(12)17-3/h6-7,10H,4-5,8-9,11H2,1-3H3. The highest BCUT2D eigenvalue weighted by Crippen LogP contribution is 2.24. The van der Waals surface area contributed by atoms with E-state index in [0.29, 0.717) is 0 Å². The van der Waals surface area contributed by atoms with Crippen LogP contribution >= 0.6 is 15.9 Å². The first-order valence-corrected chi connectivity index (χ1v) is 7.13. The maximum atomic E-state index is 5.40. The van der Waals surface area contributed by atoms with Crippen LogP contribution in [0.3, 0.4) is 0 Å². The summed E-state index contributed by atoms with van der Waals surface area (Å²) >= 11 is 3.50. The van der Waals surface area contributed by atoms with Crippen molar-refractivity contribution < 1.29 is 9.47 Å². The molecule has 0 aromatic heterocycles. The summed E-state index contributed by atoms with van der Waals surface area (Å²) in [7, 11) is 1.71. The molecule has 102 valence electrons. The zero-order valence-corrected chi connectivity index (χ0v) is 13.0. The first-order valence-electron chi connectivity index (χ1n) is 6.33. The van der Waals surface area contributed by atoms with Gasteiger partial charge >= 0.3 is 0 Å². The highest BCUT2D eigenvalue weighted by molar-refractivity contribution is 9.10. The van der Waals surface area contributed by atoms with Crippen LogP contribution in [0.4, 0.5) is 0 Å². The minimum absolute atomic E-state index is 0.776. The second-order valence-corrected chi connectivity index (χ2v) is 4.94. The van der Waals surface area contributed by atoms with E-state index >= 15 is 0 Å². The summed E-state index contributed by atoms with van der Waals surface area (Å²) in [5.74, 6) is 0.938. The van der Waals surface area contributed by atoms with Crippen molar-refractivity contribution >= 4 is 15.9 Å². The summed E-state index contributed by atoms with van der Waals surface area (Å²) in [5.41, 5.74) is 1.20. The van der Waals surface area contributed by atoms with Crippen molar-refractivity contribution in [1.82, 2.24) is 4.90 Å². The van der Waals surface area contributed by atoms with Gasteiger partial charge < -0.3 is 9.47 Å². The number of hydrogen-bond acceptors (Lipinski definition) is 3. The van der Waals surface area contributed by atoms with E-state index in [-0.39, 0.29) is 0 Å². The van der Waals surface area contributed by atoms with Gasteiger partial charge in [-0.3, -0.25) is 4.90 Å². The van der Waals surface area contributed by atoms with Gasteiger partial charge in [-0.1, -0.05) is 22.9 Å². The number of ether oxygens (including phenoxy) is 2. The molecule has 0 radical (unpaired) electrons. The molecule has 0 aliphatic carbocycles. The normalized spacial score (nSPS) is 10.9. The van der Waals surface area contributed by atoms with E-state index in [0.717, 1.165) is 43.1 Å². The Morgan fingerprint density at radius 1 is 1.28 bits per heavy atom. The molecule has 0 fully saturated rings. The van der Waals surface area contributed by atoms with Crippen molar-refractivity contribution in [1.29, 1.82) is 0 Å². The van der Waals surface area contributed by atoms with E-state index in [4.69, 9.17) is 9.47 Å². The van der Waals surface area contributed by atoms with E-state index in [1.54, 1.807) is 7.11 Å². The van der Waals surface area contributed by atoms with Crippen molar-refractivity contribution in [2.75, 3.05) is 33.4 Å². The van der Waals surface area contributed by atoms with Gasteiger partial charge in [-0.05, 0) is 31.7 Å². The predicted octanol–water partition coefficient (Wildman–Crippen LogP) is 3.32. The lowest BCUT2D eigenvalue weighted by atomic mass is 10.2. The predicted molar refractivity (Wildman–Crippen MR) is 78.1 cm³/mol. The van der Waals surface area contributed by atoms with Crippen LogP contribution in [0.2, 0.25) is 0 Å². The molecular weight excluding hydrogens is 294 g/mol. The Balaban J connectivity index is 2.65. The Hall–Kier alpha value is -0.580. The van der Waals surface area contributed by atoms with Crippen LogP contribution in [-0.4, -0.2) is 38.3 Å². The molecule has 3 nitrogen and oxygen atoms in total. The zero-order chi connectivity index (χ0) is 13.4. The van der Waals surface area contributed by atoms with Crippen LogP contribution in [0.1, 0.15) is 19.4 Å². The highest BCUT2D eigenvalue weighted by Gasteiger charge is 2.09. The Morgan fingerprint density at radius 2 is 2.06 bits per heavy atom. The van der Waals surface area contributed by atoms with Crippen LogP contribution in [0.25, 0.3) is 0 Å². The Kier molecular flexibility index (Phi) is 7.32. The molecule has 0 atom stereocenters. The summed E-state index contributed by atoms with van der Waals surface area (Å²) in [6.07, 6.45) is 0. The Labute approximate surface area is 118 Å². The molecular formula is C14H22BrNO2. The van der Waals surface area contributed by atoms with Crippen LogP contribution in [0.15, 0.2) is 22.7 Å². The monoisotopic (exact) mass is 315 g/mol. The summed E-state index contributed by atoms with van der Waals surface area (Å²) in [5, 5.41) is 0. The van der Waals surface area contributed by atoms with Crippen LogP contribution in [0.5, 0.6) is 5.75 Å². The number of halogens is 1. The first kappa shape index (κ1) is 15.5. The molecule has 4 heteroatoms.